The van der Waals surface area contributed by atoms with Crippen LogP contribution in [0, 0.1) is 0 Å². The molecule has 5 rings (SSSR count). The number of carbonyl (C=O) groups excluding carboxylic acids is 2. The Hall–Kier alpha value is -3.30. The Bertz CT molecular complexity index is 1110. The molecule has 2 amide bonds. The topological polar surface area (TPSA) is 78.9 Å². The van der Waals surface area contributed by atoms with Crippen molar-refractivity contribution in [3.05, 3.63) is 64.9 Å². The summed E-state index contributed by atoms with van der Waals surface area (Å²) in [6.45, 7) is 3.76. The molecule has 35 heavy (non-hydrogen) atoms. The normalized spacial score (nSPS) is 18.0. The predicted molar refractivity (Wildman–Crippen MR) is 135 cm³/mol. The van der Waals surface area contributed by atoms with Gasteiger partial charge in [-0.15, -0.1) is 21.5 Å². The molecule has 8 nitrogen and oxygen atoms in total. The van der Waals surface area contributed by atoms with E-state index in [1.54, 1.807) is 4.90 Å². The minimum Gasteiger partial charge on any atom is -0.376 e. The van der Waals surface area contributed by atoms with Crippen molar-refractivity contribution in [1.29, 1.82) is 0 Å². The third-order valence-corrected chi connectivity index (χ3v) is 7.33. The van der Waals surface area contributed by atoms with Gasteiger partial charge in [-0.1, -0.05) is 36.4 Å². The molecule has 1 aromatic carbocycles. The molecule has 2 fully saturated rings. The number of ether oxygens (including phenoxy) is 1. The molecule has 1 atom stereocenters. The molecule has 182 valence electrons. The molecule has 0 aliphatic carbocycles. The predicted octanol–water partition coefficient (Wildman–Crippen LogP) is 3.18. The minimum absolute atomic E-state index is 0.000918. The van der Waals surface area contributed by atoms with E-state index in [0.29, 0.717) is 37.6 Å². The number of hydrogen-bond acceptors (Lipinski definition) is 7. The first-order valence-corrected chi connectivity index (χ1v) is 12.9. The zero-order valence-electron chi connectivity index (χ0n) is 19.6. The van der Waals surface area contributed by atoms with Crippen LogP contribution in [0.1, 0.15) is 22.5 Å². The highest BCUT2D eigenvalue weighted by Gasteiger charge is 2.29. The molecule has 0 radical (unpaired) electrons. The van der Waals surface area contributed by atoms with Gasteiger partial charge in [-0.3, -0.25) is 9.59 Å². The standard InChI is InChI=1S/C26H29N5O3S/c32-25(19-31(18-21-8-4-16-34-21)26(33)23-9-5-17-35-23)30-14-12-29(13-15-30)24-11-10-22(27-28-24)20-6-2-1-3-7-20/h1-3,5-7,9-11,17,21H,4,8,12-16,18-19H2/t21-/m1/s1. The number of rotatable bonds is 7. The van der Waals surface area contributed by atoms with Gasteiger partial charge in [0.05, 0.1) is 16.7 Å². The number of aromatic nitrogens is 2. The van der Waals surface area contributed by atoms with Crippen molar-refractivity contribution >= 4 is 29.0 Å². The highest BCUT2D eigenvalue weighted by Crippen LogP contribution is 2.20. The summed E-state index contributed by atoms with van der Waals surface area (Å²) in [6.07, 6.45) is 1.92. The lowest BCUT2D eigenvalue weighted by molar-refractivity contribution is -0.132. The van der Waals surface area contributed by atoms with Crippen molar-refractivity contribution < 1.29 is 14.3 Å². The van der Waals surface area contributed by atoms with Gasteiger partial charge >= 0.3 is 0 Å². The fourth-order valence-corrected chi connectivity index (χ4v) is 5.21. The summed E-state index contributed by atoms with van der Waals surface area (Å²) in [6, 6.07) is 17.6. The molecule has 0 N–H and O–H groups in total. The van der Waals surface area contributed by atoms with Gasteiger partial charge in [0, 0.05) is 44.9 Å². The van der Waals surface area contributed by atoms with Crippen LogP contribution in [0.2, 0.25) is 0 Å². The number of piperazine rings is 1. The summed E-state index contributed by atoms with van der Waals surface area (Å²) >= 11 is 1.40. The molecule has 2 saturated heterocycles. The number of hydrogen-bond donors (Lipinski definition) is 0. The first-order valence-electron chi connectivity index (χ1n) is 12.0. The summed E-state index contributed by atoms with van der Waals surface area (Å²) in [4.78, 5) is 32.5. The van der Waals surface area contributed by atoms with Gasteiger partial charge in [-0.05, 0) is 36.4 Å². The number of carbonyl (C=O) groups is 2. The molecule has 2 aliphatic rings. The van der Waals surface area contributed by atoms with E-state index in [1.165, 1.54) is 11.3 Å². The molecule has 0 spiro atoms. The third-order valence-electron chi connectivity index (χ3n) is 6.47. The Labute approximate surface area is 209 Å². The second-order valence-electron chi connectivity index (χ2n) is 8.81. The summed E-state index contributed by atoms with van der Waals surface area (Å²) in [5.41, 5.74) is 1.87. The van der Waals surface area contributed by atoms with E-state index in [2.05, 4.69) is 15.1 Å². The summed E-state index contributed by atoms with van der Waals surface area (Å²) in [5, 5.41) is 10.7. The Morgan fingerprint density at radius 1 is 1.00 bits per heavy atom. The molecule has 0 unspecified atom stereocenters. The lowest BCUT2D eigenvalue weighted by atomic mass is 10.1. The highest BCUT2D eigenvalue weighted by molar-refractivity contribution is 7.12. The first-order chi connectivity index (χ1) is 17.2. The molecular weight excluding hydrogens is 462 g/mol. The lowest BCUT2D eigenvalue weighted by Crippen LogP contribution is -2.52. The smallest absolute Gasteiger partial charge is 0.264 e. The van der Waals surface area contributed by atoms with Crippen molar-refractivity contribution in [2.24, 2.45) is 0 Å². The van der Waals surface area contributed by atoms with Crippen LogP contribution in [-0.4, -0.2) is 83.8 Å². The quantitative estimate of drug-likeness (QED) is 0.505. The van der Waals surface area contributed by atoms with E-state index in [4.69, 9.17) is 4.74 Å². The Morgan fingerprint density at radius 3 is 2.49 bits per heavy atom. The molecular formula is C26H29N5O3S. The molecule has 2 aliphatic heterocycles. The largest absolute Gasteiger partial charge is 0.376 e. The molecule has 3 aromatic rings. The van der Waals surface area contributed by atoms with Crippen molar-refractivity contribution in [2.75, 3.05) is 50.8 Å². The maximum absolute atomic E-state index is 13.1. The van der Waals surface area contributed by atoms with Crippen molar-refractivity contribution in [3.8, 4) is 11.3 Å². The second-order valence-corrected chi connectivity index (χ2v) is 9.76. The maximum atomic E-state index is 13.1. The number of nitrogens with zero attached hydrogens (tertiary/aromatic N) is 5. The number of amides is 2. The van der Waals surface area contributed by atoms with Gasteiger partial charge in [0.2, 0.25) is 5.91 Å². The van der Waals surface area contributed by atoms with Crippen molar-refractivity contribution in [3.63, 3.8) is 0 Å². The van der Waals surface area contributed by atoms with Crippen molar-refractivity contribution in [1.82, 2.24) is 20.0 Å². The van der Waals surface area contributed by atoms with E-state index >= 15 is 0 Å². The van der Waals surface area contributed by atoms with Crippen molar-refractivity contribution in [2.45, 2.75) is 18.9 Å². The molecule has 0 saturated carbocycles. The van der Waals surface area contributed by atoms with Gasteiger partial charge in [-0.2, -0.15) is 0 Å². The van der Waals surface area contributed by atoms with Gasteiger partial charge in [0.1, 0.15) is 6.54 Å². The van der Waals surface area contributed by atoms with E-state index in [0.717, 1.165) is 36.5 Å². The zero-order chi connectivity index (χ0) is 24.0. The highest BCUT2D eigenvalue weighted by atomic mass is 32.1. The summed E-state index contributed by atoms with van der Waals surface area (Å²) in [7, 11) is 0. The zero-order valence-corrected chi connectivity index (χ0v) is 20.4. The minimum atomic E-state index is -0.101. The van der Waals surface area contributed by atoms with Crippen LogP contribution in [0.25, 0.3) is 11.3 Å². The van der Waals surface area contributed by atoms with Crippen LogP contribution >= 0.6 is 11.3 Å². The monoisotopic (exact) mass is 491 g/mol. The van der Waals surface area contributed by atoms with E-state index in [9.17, 15) is 9.59 Å². The van der Waals surface area contributed by atoms with Crippen LogP contribution in [0.5, 0.6) is 0 Å². The fourth-order valence-electron chi connectivity index (χ4n) is 4.51. The number of benzene rings is 1. The molecule has 0 bridgehead atoms. The van der Waals surface area contributed by atoms with Crippen LogP contribution < -0.4 is 4.90 Å². The van der Waals surface area contributed by atoms with E-state index < -0.39 is 0 Å². The fraction of sp³-hybridized carbons (Fsp3) is 0.385. The Balaban J connectivity index is 1.18. The van der Waals surface area contributed by atoms with Gasteiger partial charge in [-0.25, -0.2) is 0 Å². The second kappa shape index (κ2) is 11.0. The average molecular weight is 492 g/mol. The molecule has 9 heteroatoms. The molecule has 4 heterocycles. The van der Waals surface area contributed by atoms with Gasteiger partial charge < -0.3 is 19.4 Å². The van der Waals surface area contributed by atoms with E-state index in [-0.39, 0.29) is 24.5 Å². The average Bonchev–Trinajstić information content (AvgIpc) is 3.64. The van der Waals surface area contributed by atoms with E-state index in [1.807, 2.05) is 64.9 Å². The summed E-state index contributed by atoms with van der Waals surface area (Å²) in [5.74, 6) is 0.680. The maximum Gasteiger partial charge on any atom is 0.264 e. The van der Waals surface area contributed by atoms with Gasteiger partial charge in [0.15, 0.2) is 5.82 Å². The van der Waals surface area contributed by atoms with Crippen LogP contribution in [0.15, 0.2) is 60.0 Å². The SMILES string of the molecule is O=C(CN(C[C@H]1CCCO1)C(=O)c1cccs1)N1CCN(c2ccc(-c3ccccc3)nn2)CC1. The van der Waals surface area contributed by atoms with Gasteiger partial charge in [0.25, 0.3) is 5.91 Å². The third kappa shape index (κ3) is 5.68. The number of anilines is 1. The number of thiophene rings is 1. The lowest BCUT2D eigenvalue weighted by Gasteiger charge is -2.36. The van der Waals surface area contributed by atoms with Crippen LogP contribution in [-0.2, 0) is 9.53 Å². The Morgan fingerprint density at radius 2 is 1.83 bits per heavy atom. The van der Waals surface area contributed by atoms with Crippen LogP contribution in [0.4, 0.5) is 5.82 Å². The summed E-state index contributed by atoms with van der Waals surface area (Å²) < 4.78 is 5.74. The Kier molecular flexibility index (Phi) is 7.34. The first kappa shape index (κ1) is 23.4. The van der Waals surface area contributed by atoms with Crippen LogP contribution in [0.3, 0.4) is 0 Å². The molecule has 2 aromatic heterocycles.